The van der Waals surface area contributed by atoms with Crippen molar-refractivity contribution in [2.45, 2.75) is 45.6 Å². The maximum absolute atomic E-state index is 13.2. The lowest BCUT2D eigenvalue weighted by Gasteiger charge is -2.33. The second-order valence-electron chi connectivity index (χ2n) is 7.61. The van der Waals surface area contributed by atoms with Crippen molar-refractivity contribution in [3.63, 3.8) is 0 Å². The smallest absolute Gasteiger partial charge is 0.238 e. The fourth-order valence-electron chi connectivity index (χ4n) is 3.87. The highest BCUT2D eigenvalue weighted by molar-refractivity contribution is 6.07. The van der Waals surface area contributed by atoms with Gasteiger partial charge in [-0.05, 0) is 48.9 Å². The van der Waals surface area contributed by atoms with Crippen LogP contribution >= 0.6 is 0 Å². The first-order valence-corrected chi connectivity index (χ1v) is 9.75. The number of hydrogen-bond acceptors (Lipinski definition) is 4. The van der Waals surface area contributed by atoms with E-state index in [1.54, 1.807) is 19.1 Å². The molecular weight excluding hydrogens is 344 g/mol. The standard InChI is InChI=1S/C21H30N2O4/c1-5-6-10-22(2)19(24)21(8-9-21)20(25)23-11-7-15-12-17(26-3)18(27-4)13-16(15)14-23/h12-13H,5-11,14H2,1-4H3. The third-order valence-electron chi connectivity index (χ3n) is 5.77. The summed E-state index contributed by atoms with van der Waals surface area (Å²) in [4.78, 5) is 29.7. The molecule has 0 aromatic heterocycles. The zero-order valence-electron chi connectivity index (χ0n) is 16.8. The van der Waals surface area contributed by atoms with Gasteiger partial charge in [-0.1, -0.05) is 13.3 Å². The quantitative estimate of drug-likeness (QED) is 0.689. The molecule has 3 rings (SSSR count). The van der Waals surface area contributed by atoms with Crippen LogP contribution in [0.25, 0.3) is 0 Å². The van der Waals surface area contributed by atoms with Crippen molar-refractivity contribution in [2.75, 3.05) is 34.4 Å². The zero-order chi connectivity index (χ0) is 19.6. The van der Waals surface area contributed by atoms with E-state index in [4.69, 9.17) is 9.47 Å². The second kappa shape index (κ2) is 7.79. The van der Waals surface area contributed by atoms with Crippen molar-refractivity contribution >= 4 is 11.8 Å². The van der Waals surface area contributed by atoms with Crippen LogP contribution < -0.4 is 9.47 Å². The number of rotatable bonds is 7. The Morgan fingerprint density at radius 3 is 2.33 bits per heavy atom. The molecule has 0 radical (unpaired) electrons. The molecule has 0 unspecified atom stereocenters. The number of nitrogens with zero attached hydrogens (tertiary/aromatic N) is 2. The third-order valence-corrected chi connectivity index (χ3v) is 5.77. The molecule has 2 aliphatic rings. The van der Waals surface area contributed by atoms with E-state index in [1.807, 2.05) is 24.1 Å². The van der Waals surface area contributed by atoms with Crippen molar-refractivity contribution in [3.8, 4) is 11.5 Å². The van der Waals surface area contributed by atoms with Gasteiger partial charge in [-0.3, -0.25) is 9.59 Å². The molecule has 2 amide bonds. The van der Waals surface area contributed by atoms with Crippen molar-refractivity contribution in [1.29, 1.82) is 0 Å². The highest BCUT2D eigenvalue weighted by atomic mass is 16.5. The third kappa shape index (κ3) is 3.62. The van der Waals surface area contributed by atoms with Gasteiger partial charge >= 0.3 is 0 Å². The van der Waals surface area contributed by atoms with E-state index in [1.165, 1.54) is 5.56 Å². The molecule has 6 heteroatoms. The average molecular weight is 374 g/mol. The summed E-state index contributed by atoms with van der Waals surface area (Å²) in [6.45, 7) is 3.96. The van der Waals surface area contributed by atoms with Gasteiger partial charge < -0.3 is 19.3 Å². The minimum atomic E-state index is -0.823. The molecule has 6 nitrogen and oxygen atoms in total. The number of ether oxygens (including phenoxy) is 2. The fourth-order valence-corrected chi connectivity index (χ4v) is 3.87. The number of fused-ring (bicyclic) bond motifs is 1. The molecule has 1 aliphatic heterocycles. The van der Waals surface area contributed by atoms with Crippen LogP contribution in [0.4, 0.5) is 0 Å². The van der Waals surface area contributed by atoms with E-state index in [0.717, 1.165) is 24.8 Å². The van der Waals surface area contributed by atoms with E-state index in [-0.39, 0.29) is 11.8 Å². The molecule has 0 bridgehead atoms. The monoisotopic (exact) mass is 374 g/mol. The predicted molar refractivity (Wildman–Crippen MR) is 103 cm³/mol. The van der Waals surface area contributed by atoms with Crippen LogP contribution in [0.3, 0.4) is 0 Å². The Bertz CT molecular complexity index is 727. The normalized spacial score (nSPS) is 17.1. The summed E-state index contributed by atoms with van der Waals surface area (Å²) >= 11 is 0. The minimum Gasteiger partial charge on any atom is -0.493 e. The van der Waals surface area contributed by atoms with E-state index in [0.29, 0.717) is 44.0 Å². The van der Waals surface area contributed by atoms with Gasteiger partial charge in [0, 0.05) is 26.7 Å². The fraction of sp³-hybridized carbons (Fsp3) is 0.619. The first-order valence-electron chi connectivity index (χ1n) is 9.75. The van der Waals surface area contributed by atoms with Crippen LogP contribution in [0.15, 0.2) is 12.1 Å². The van der Waals surface area contributed by atoms with Crippen LogP contribution in [0.2, 0.25) is 0 Å². The summed E-state index contributed by atoms with van der Waals surface area (Å²) in [6.07, 6.45) is 4.09. The molecule has 1 aliphatic carbocycles. The summed E-state index contributed by atoms with van der Waals surface area (Å²) in [5, 5.41) is 0. The first-order chi connectivity index (χ1) is 13.0. The number of carbonyl (C=O) groups excluding carboxylic acids is 2. The van der Waals surface area contributed by atoms with Crippen LogP contribution in [0, 0.1) is 5.41 Å². The van der Waals surface area contributed by atoms with Crippen LogP contribution in [-0.2, 0) is 22.6 Å². The Labute approximate surface area is 161 Å². The van der Waals surface area contributed by atoms with Crippen LogP contribution in [-0.4, -0.2) is 56.0 Å². The number of amides is 2. The molecule has 1 fully saturated rings. The number of benzene rings is 1. The van der Waals surface area contributed by atoms with Crippen molar-refractivity contribution < 1.29 is 19.1 Å². The molecule has 1 aromatic carbocycles. The molecular formula is C21H30N2O4. The van der Waals surface area contributed by atoms with Gasteiger partial charge in [0.1, 0.15) is 5.41 Å². The molecule has 1 saturated carbocycles. The Kier molecular flexibility index (Phi) is 5.63. The zero-order valence-corrected chi connectivity index (χ0v) is 16.8. The second-order valence-corrected chi connectivity index (χ2v) is 7.61. The summed E-state index contributed by atoms with van der Waals surface area (Å²) in [6, 6.07) is 3.94. The Morgan fingerprint density at radius 2 is 1.78 bits per heavy atom. The average Bonchev–Trinajstić information content (AvgIpc) is 3.51. The number of hydrogen-bond donors (Lipinski definition) is 0. The van der Waals surface area contributed by atoms with Gasteiger partial charge in [-0.15, -0.1) is 0 Å². The molecule has 1 heterocycles. The molecule has 0 spiro atoms. The molecule has 0 saturated heterocycles. The highest BCUT2D eigenvalue weighted by Gasteiger charge is 2.59. The summed E-state index contributed by atoms with van der Waals surface area (Å²) in [5.74, 6) is 1.35. The minimum absolute atomic E-state index is 0.0148. The Balaban J connectivity index is 1.75. The van der Waals surface area contributed by atoms with Gasteiger partial charge in [-0.2, -0.15) is 0 Å². The van der Waals surface area contributed by atoms with Crippen molar-refractivity contribution in [1.82, 2.24) is 9.80 Å². The number of carbonyl (C=O) groups is 2. The van der Waals surface area contributed by atoms with E-state index < -0.39 is 5.41 Å². The SMILES string of the molecule is CCCCN(C)C(=O)C1(C(=O)N2CCc3cc(OC)c(OC)cc3C2)CC1. The maximum atomic E-state index is 13.2. The Hall–Kier alpha value is -2.24. The summed E-state index contributed by atoms with van der Waals surface area (Å²) in [5.41, 5.74) is 1.42. The lowest BCUT2D eigenvalue weighted by atomic mass is 9.96. The van der Waals surface area contributed by atoms with Gasteiger partial charge in [0.15, 0.2) is 11.5 Å². The molecule has 148 valence electrons. The van der Waals surface area contributed by atoms with Gasteiger partial charge in [0.25, 0.3) is 0 Å². The van der Waals surface area contributed by atoms with E-state index >= 15 is 0 Å². The van der Waals surface area contributed by atoms with Crippen LogP contribution in [0.5, 0.6) is 11.5 Å². The van der Waals surface area contributed by atoms with Crippen molar-refractivity contribution in [3.05, 3.63) is 23.3 Å². The summed E-state index contributed by atoms with van der Waals surface area (Å²) in [7, 11) is 5.05. The lowest BCUT2D eigenvalue weighted by molar-refractivity contribution is -0.149. The number of methoxy groups -OCH3 is 2. The van der Waals surface area contributed by atoms with Crippen LogP contribution in [0.1, 0.15) is 43.7 Å². The van der Waals surface area contributed by atoms with E-state index in [2.05, 4.69) is 6.92 Å². The van der Waals surface area contributed by atoms with E-state index in [9.17, 15) is 9.59 Å². The van der Waals surface area contributed by atoms with Crippen molar-refractivity contribution in [2.24, 2.45) is 5.41 Å². The number of unbranched alkanes of at least 4 members (excludes halogenated alkanes) is 1. The maximum Gasteiger partial charge on any atom is 0.238 e. The van der Waals surface area contributed by atoms with Gasteiger partial charge in [-0.25, -0.2) is 0 Å². The lowest BCUT2D eigenvalue weighted by Crippen LogP contribution is -2.47. The summed E-state index contributed by atoms with van der Waals surface area (Å²) < 4.78 is 10.8. The Morgan fingerprint density at radius 1 is 1.15 bits per heavy atom. The molecule has 0 N–H and O–H groups in total. The highest BCUT2D eigenvalue weighted by Crippen LogP contribution is 2.49. The van der Waals surface area contributed by atoms with Gasteiger partial charge in [0.2, 0.25) is 11.8 Å². The predicted octanol–water partition coefficient (Wildman–Crippen LogP) is 2.63. The van der Waals surface area contributed by atoms with Gasteiger partial charge in [0.05, 0.1) is 14.2 Å². The molecule has 0 atom stereocenters. The topological polar surface area (TPSA) is 59.1 Å². The molecule has 27 heavy (non-hydrogen) atoms. The molecule has 1 aromatic rings. The first kappa shape index (κ1) is 19.5. The largest absolute Gasteiger partial charge is 0.493 e.